The van der Waals surface area contributed by atoms with Crippen molar-refractivity contribution in [3.05, 3.63) is 65.5 Å². The Bertz CT molecular complexity index is 584. The lowest BCUT2D eigenvalue weighted by Crippen LogP contribution is -2.21. The number of rotatable bonds is 7. The first-order chi connectivity index (χ1) is 10.5. The van der Waals surface area contributed by atoms with Crippen molar-refractivity contribution in [2.75, 3.05) is 6.54 Å². The number of ether oxygens (including phenoxy) is 1. The van der Waals surface area contributed by atoms with Gasteiger partial charge in [0.2, 0.25) is 0 Å². The molecule has 0 spiro atoms. The van der Waals surface area contributed by atoms with Gasteiger partial charge in [-0.3, -0.25) is 0 Å². The van der Waals surface area contributed by atoms with Gasteiger partial charge in [0.15, 0.2) is 0 Å². The maximum atomic E-state index is 13.1. The van der Waals surface area contributed by atoms with Crippen LogP contribution >= 0.6 is 0 Å². The van der Waals surface area contributed by atoms with E-state index in [2.05, 4.69) is 5.32 Å². The van der Waals surface area contributed by atoms with Crippen LogP contribution in [0.5, 0.6) is 5.75 Å². The molecule has 0 aliphatic heterocycles. The van der Waals surface area contributed by atoms with Gasteiger partial charge in [0, 0.05) is 13.1 Å². The van der Waals surface area contributed by atoms with Gasteiger partial charge in [0.05, 0.1) is 12.2 Å². The van der Waals surface area contributed by atoms with Crippen molar-refractivity contribution in [1.82, 2.24) is 5.32 Å². The van der Waals surface area contributed by atoms with Crippen LogP contribution < -0.4 is 10.1 Å². The Kier molecular flexibility index (Phi) is 5.92. The maximum Gasteiger partial charge on any atom is 0.123 e. The van der Waals surface area contributed by atoms with E-state index in [0.29, 0.717) is 13.1 Å². The van der Waals surface area contributed by atoms with E-state index < -0.39 is 6.10 Å². The molecule has 2 aromatic carbocycles. The van der Waals surface area contributed by atoms with E-state index in [1.165, 1.54) is 12.1 Å². The highest BCUT2D eigenvalue weighted by atomic mass is 19.1. The first-order valence-electron chi connectivity index (χ1n) is 7.44. The van der Waals surface area contributed by atoms with Gasteiger partial charge in [-0.2, -0.15) is 0 Å². The molecule has 22 heavy (non-hydrogen) atoms. The highest BCUT2D eigenvalue weighted by molar-refractivity contribution is 5.28. The summed E-state index contributed by atoms with van der Waals surface area (Å²) < 4.78 is 18.6. The van der Waals surface area contributed by atoms with Gasteiger partial charge in [-0.05, 0) is 49.2 Å². The Labute approximate surface area is 130 Å². The van der Waals surface area contributed by atoms with Crippen molar-refractivity contribution < 1.29 is 14.2 Å². The second kappa shape index (κ2) is 7.92. The lowest BCUT2D eigenvalue weighted by Gasteiger charge is -2.14. The smallest absolute Gasteiger partial charge is 0.123 e. The zero-order valence-corrected chi connectivity index (χ0v) is 12.9. The summed E-state index contributed by atoms with van der Waals surface area (Å²) in [4.78, 5) is 0. The molecule has 0 fully saturated rings. The van der Waals surface area contributed by atoms with Crippen molar-refractivity contribution in [2.45, 2.75) is 32.6 Å². The largest absolute Gasteiger partial charge is 0.491 e. The van der Waals surface area contributed by atoms with Crippen LogP contribution in [0, 0.1) is 5.82 Å². The van der Waals surface area contributed by atoms with Gasteiger partial charge in [0.25, 0.3) is 0 Å². The van der Waals surface area contributed by atoms with Crippen molar-refractivity contribution >= 4 is 0 Å². The Balaban J connectivity index is 1.83. The summed E-state index contributed by atoms with van der Waals surface area (Å²) in [6.07, 6.45) is -0.481. The fraction of sp³-hybridized carbons (Fsp3) is 0.333. The van der Waals surface area contributed by atoms with Crippen LogP contribution in [-0.2, 0) is 6.54 Å². The number of halogens is 1. The standard InChI is InChI=1S/C18H22FNO2/c1-13(2)22-17-8-6-15(7-9-17)18(21)12-20-11-14-4-3-5-16(19)10-14/h3-10,13,18,20-21H,11-12H2,1-2H3. The fourth-order valence-electron chi connectivity index (χ4n) is 2.16. The normalized spacial score (nSPS) is 12.4. The third-order valence-electron chi connectivity index (χ3n) is 3.19. The molecule has 0 aliphatic carbocycles. The second-order valence-electron chi connectivity index (χ2n) is 5.51. The number of benzene rings is 2. The number of aliphatic hydroxyl groups excluding tert-OH is 1. The molecule has 0 bridgehead atoms. The first-order valence-corrected chi connectivity index (χ1v) is 7.44. The van der Waals surface area contributed by atoms with Crippen LogP contribution in [-0.4, -0.2) is 17.8 Å². The van der Waals surface area contributed by atoms with Crippen LogP contribution in [0.3, 0.4) is 0 Å². The predicted molar refractivity (Wildman–Crippen MR) is 85.3 cm³/mol. The Morgan fingerprint density at radius 2 is 1.86 bits per heavy atom. The molecule has 0 heterocycles. The van der Waals surface area contributed by atoms with Crippen molar-refractivity contribution in [3.8, 4) is 5.75 Å². The average molecular weight is 303 g/mol. The molecule has 2 rings (SSSR count). The molecule has 1 atom stereocenters. The zero-order chi connectivity index (χ0) is 15.9. The first kappa shape index (κ1) is 16.5. The van der Waals surface area contributed by atoms with E-state index in [1.54, 1.807) is 6.07 Å². The summed E-state index contributed by atoms with van der Waals surface area (Å²) in [7, 11) is 0. The molecule has 118 valence electrons. The van der Waals surface area contributed by atoms with Crippen LogP contribution in [0.15, 0.2) is 48.5 Å². The molecule has 1 unspecified atom stereocenters. The summed E-state index contributed by atoms with van der Waals surface area (Å²) in [6.45, 7) is 4.86. The van der Waals surface area contributed by atoms with E-state index in [0.717, 1.165) is 16.9 Å². The predicted octanol–water partition coefficient (Wildman–Crippen LogP) is 3.44. The van der Waals surface area contributed by atoms with E-state index in [9.17, 15) is 9.50 Å². The SMILES string of the molecule is CC(C)Oc1ccc(C(O)CNCc2cccc(F)c2)cc1. The summed E-state index contributed by atoms with van der Waals surface area (Å²) in [5.41, 5.74) is 1.68. The number of hydrogen-bond acceptors (Lipinski definition) is 3. The zero-order valence-electron chi connectivity index (χ0n) is 12.9. The van der Waals surface area contributed by atoms with Gasteiger partial charge in [-0.15, -0.1) is 0 Å². The van der Waals surface area contributed by atoms with Crippen molar-refractivity contribution in [1.29, 1.82) is 0 Å². The molecule has 2 N–H and O–H groups in total. The molecule has 0 radical (unpaired) electrons. The summed E-state index contributed by atoms with van der Waals surface area (Å²) >= 11 is 0. The third kappa shape index (κ3) is 5.13. The van der Waals surface area contributed by atoms with Crippen molar-refractivity contribution in [2.24, 2.45) is 0 Å². The molecule has 2 aromatic rings. The molecule has 0 saturated heterocycles. The quantitative estimate of drug-likeness (QED) is 0.823. The highest BCUT2D eigenvalue weighted by Crippen LogP contribution is 2.18. The summed E-state index contributed by atoms with van der Waals surface area (Å²) in [5.74, 6) is 0.541. The minimum absolute atomic E-state index is 0.128. The Hall–Kier alpha value is -1.91. The molecular weight excluding hydrogens is 281 g/mol. The average Bonchev–Trinajstić information content (AvgIpc) is 2.47. The van der Waals surface area contributed by atoms with Gasteiger partial charge in [-0.25, -0.2) is 4.39 Å². The molecule has 0 aromatic heterocycles. The molecule has 3 nitrogen and oxygen atoms in total. The minimum atomic E-state index is -0.610. The summed E-state index contributed by atoms with van der Waals surface area (Å²) in [6, 6.07) is 13.8. The van der Waals surface area contributed by atoms with E-state index >= 15 is 0 Å². The summed E-state index contributed by atoms with van der Waals surface area (Å²) in [5, 5.41) is 13.3. The van der Waals surface area contributed by atoms with Crippen LogP contribution in [0.2, 0.25) is 0 Å². The molecule has 0 amide bonds. The number of aliphatic hydroxyl groups is 1. The Morgan fingerprint density at radius 1 is 1.14 bits per heavy atom. The van der Waals surface area contributed by atoms with E-state index in [-0.39, 0.29) is 11.9 Å². The lowest BCUT2D eigenvalue weighted by molar-refractivity contribution is 0.174. The molecular formula is C18H22FNO2. The van der Waals surface area contributed by atoms with Crippen molar-refractivity contribution in [3.63, 3.8) is 0 Å². The Morgan fingerprint density at radius 3 is 2.50 bits per heavy atom. The van der Waals surface area contributed by atoms with Crippen LogP contribution in [0.25, 0.3) is 0 Å². The number of nitrogens with one attached hydrogen (secondary N) is 1. The minimum Gasteiger partial charge on any atom is -0.491 e. The molecule has 0 saturated carbocycles. The highest BCUT2D eigenvalue weighted by Gasteiger charge is 2.08. The molecule has 0 aliphatic rings. The van der Waals surface area contributed by atoms with Gasteiger partial charge < -0.3 is 15.2 Å². The van der Waals surface area contributed by atoms with Crippen LogP contribution in [0.1, 0.15) is 31.1 Å². The molecule has 4 heteroatoms. The number of hydrogen-bond donors (Lipinski definition) is 2. The van der Waals surface area contributed by atoms with Gasteiger partial charge in [-0.1, -0.05) is 24.3 Å². The van der Waals surface area contributed by atoms with Gasteiger partial charge >= 0.3 is 0 Å². The monoisotopic (exact) mass is 303 g/mol. The fourth-order valence-corrected chi connectivity index (χ4v) is 2.16. The van der Waals surface area contributed by atoms with E-state index in [4.69, 9.17) is 4.74 Å². The van der Waals surface area contributed by atoms with Crippen LogP contribution in [0.4, 0.5) is 4.39 Å². The maximum absolute atomic E-state index is 13.1. The topological polar surface area (TPSA) is 41.5 Å². The van der Waals surface area contributed by atoms with Gasteiger partial charge in [0.1, 0.15) is 11.6 Å². The van der Waals surface area contributed by atoms with E-state index in [1.807, 2.05) is 44.2 Å². The third-order valence-corrected chi connectivity index (χ3v) is 3.19. The lowest BCUT2D eigenvalue weighted by atomic mass is 10.1. The second-order valence-corrected chi connectivity index (χ2v) is 5.51.